The maximum absolute atomic E-state index is 11.2. The van der Waals surface area contributed by atoms with Gasteiger partial charge in [0.1, 0.15) is 17.0 Å². The largest absolute Gasteiger partial charge is 0.497 e. The summed E-state index contributed by atoms with van der Waals surface area (Å²) < 4.78 is 10.4. The van der Waals surface area contributed by atoms with Crippen molar-refractivity contribution in [3.8, 4) is 11.5 Å². The van der Waals surface area contributed by atoms with Crippen molar-refractivity contribution in [3.05, 3.63) is 23.8 Å². The summed E-state index contributed by atoms with van der Waals surface area (Å²) in [5.41, 5.74) is -0.0228. The SMILES string of the molecule is COc1ccc(CN(C)C(C)(C)C(=O)O)c(OC)c1. The van der Waals surface area contributed by atoms with Gasteiger partial charge >= 0.3 is 5.97 Å². The van der Waals surface area contributed by atoms with Crippen molar-refractivity contribution in [1.29, 1.82) is 0 Å². The van der Waals surface area contributed by atoms with Crippen molar-refractivity contribution in [3.63, 3.8) is 0 Å². The predicted molar refractivity (Wildman–Crippen MR) is 72.7 cm³/mol. The number of carbonyl (C=O) groups is 1. The Morgan fingerprint density at radius 3 is 2.42 bits per heavy atom. The molecule has 1 rings (SSSR count). The van der Waals surface area contributed by atoms with Crippen LogP contribution in [0.1, 0.15) is 19.4 Å². The third-order valence-corrected chi connectivity index (χ3v) is 3.38. The normalized spacial score (nSPS) is 11.5. The lowest BCUT2D eigenvalue weighted by Gasteiger charge is -2.31. The Bertz CT molecular complexity index is 457. The minimum absolute atomic E-state index is 0.479. The van der Waals surface area contributed by atoms with Crippen LogP contribution in [-0.4, -0.2) is 42.8 Å². The van der Waals surface area contributed by atoms with Gasteiger partial charge in [-0.2, -0.15) is 0 Å². The van der Waals surface area contributed by atoms with Gasteiger partial charge < -0.3 is 14.6 Å². The zero-order chi connectivity index (χ0) is 14.6. The molecule has 0 atom stereocenters. The lowest BCUT2D eigenvalue weighted by atomic mass is 10.0. The number of aliphatic carboxylic acids is 1. The summed E-state index contributed by atoms with van der Waals surface area (Å²) in [7, 11) is 4.95. The van der Waals surface area contributed by atoms with E-state index in [1.807, 2.05) is 12.1 Å². The highest BCUT2D eigenvalue weighted by molar-refractivity contribution is 5.77. The van der Waals surface area contributed by atoms with E-state index in [2.05, 4.69) is 0 Å². The molecular weight excluding hydrogens is 246 g/mol. The number of rotatable bonds is 6. The molecule has 106 valence electrons. The second-order valence-corrected chi connectivity index (χ2v) is 4.90. The molecule has 1 N–H and O–H groups in total. The third-order valence-electron chi connectivity index (χ3n) is 3.38. The van der Waals surface area contributed by atoms with Gasteiger partial charge in [0, 0.05) is 18.2 Å². The first-order valence-electron chi connectivity index (χ1n) is 5.98. The van der Waals surface area contributed by atoms with Crippen LogP contribution in [0.5, 0.6) is 11.5 Å². The fraction of sp³-hybridized carbons (Fsp3) is 0.500. The highest BCUT2D eigenvalue weighted by atomic mass is 16.5. The summed E-state index contributed by atoms with van der Waals surface area (Å²) in [6.45, 7) is 3.82. The molecule has 19 heavy (non-hydrogen) atoms. The van der Waals surface area contributed by atoms with Crippen molar-refractivity contribution in [2.24, 2.45) is 0 Å². The summed E-state index contributed by atoms with van der Waals surface area (Å²) >= 11 is 0. The number of methoxy groups -OCH3 is 2. The molecule has 0 bridgehead atoms. The highest BCUT2D eigenvalue weighted by Crippen LogP contribution is 2.27. The third kappa shape index (κ3) is 3.38. The minimum Gasteiger partial charge on any atom is -0.497 e. The van der Waals surface area contributed by atoms with Crippen molar-refractivity contribution in [2.45, 2.75) is 25.9 Å². The number of hydrogen-bond donors (Lipinski definition) is 1. The van der Waals surface area contributed by atoms with Crippen molar-refractivity contribution in [2.75, 3.05) is 21.3 Å². The van der Waals surface area contributed by atoms with Gasteiger partial charge in [-0.1, -0.05) is 6.07 Å². The molecule has 0 saturated heterocycles. The van der Waals surface area contributed by atoms with E-state index < -0.39 is 11.5 Å². The molecular formula is C14H21NO4. The van der Waals surface area contributed by atoms with Gasteiger partial charge in [0.2, 0.25) is 0 Å². The van der Waals surface area contributed by atoms with Crippen LogP contribution in [-0.2, 0) is 11.3 Å². The predicted octanol–water partition coefficient (Wildman–Crippen LogP) is 2.00. The van der Waals surface area contributed by atoms with Gasteiger partial charge in [-0.25, -0.2) is 0 Å². The first-order chi connectivity index (χ1) is 8.82. The summed E-state index contributed by atoms with van der Waals surface area (Å²) in [6.07, 6.45) is 0. The van der Waals surface area contributed by atoms with Crippen LogP contribution in [0.2, 0.25) is 0 Å². The van der Waals surface area contributed by atoms with Gasteiger partial charge in [0.15, 0.2) is 0 Å². The highest BCUT2D eigenvalue weighted by Gasteiger charge is 2.32. The van der Waals surface area contributed by atoms with E-state index in [1.165, 1.54) is 0 Å². The van der Waals surface area contributed by atoms with Gasteiger partial charge in [0.05, 0.1) is 14.2 Å². The molecule has 0 fully saturated rings. The summed E-state index contributed by atoms with van der Waals surface area (Å²) in [5.74, 6) is 0.538. The van der Waals surface area contributed by atoms with Gasteiger partial charge in [-0.3, -0.25) is 9.69 Å². The molecule has 1 aromatic rings. The van der Waals surface area contributed by atoms with E-state index in [1.54, 1.807) is 46.1 Å². The number of carboxylic acid groups (broad SMARTS) is 1. The number of carboxylic acids is 1. The Morgan fingerprint density at radius 2 is 1.95 bits per heavy atom. The molecule has 0 unspecified atom stereocenters. The van der Waals surface area contributed by atoms with E-state index in [4.69, 9.17) is 9.47 Å². The molecule has 0 spiro atoms. The van der Waals surface area contributed by atoms with Crippen LogP contribution >= 0.6 is 0 Å². The van der Waals surface area contributed by atoms with Crippen LogP contribution in [0.15, 0.2) is 18.2 Å². The van der Waals surface area contributed by atoms with Gasteiger partial charge in [-0.15, -0.1) is 0 Å². The molecule has 0 aromatic heterocycles. The molecule has 0 aliphatic heterocycles. The molecule has 0 heterocycles. The lowest BCUT2D eigenvalue weighted by molar-refractivity contribution is -0.148. The average Bonchev–Trinajstić information content (AvgIpc) is 2.38. The van der Waals surface area contributed by atoms with E-state index in [9.17, 15) is 9.90 Å². The minimum atomic E-state index is -0.940. The maximum Gasteiger partial charge on any atom is 0.323 e. The zero-order valence-electron chi connectivity index (χ0n) is 12.1. The average molecular weight is 267 g/mol. The lowest BCUT2D eigenvalue weighted by Crippen LogP contribution is -2.47. The molecule has 0 amide bonds. The van der Waals surface area contributed by atoms with Crippen LogP contribution in [0.3, 0.4) is 0 Å². The van der Waals surface area contributed by atoms with Gasteiger partial charge in [0.25, 0.3) is 0 Å². The fourth-order valence-electron chi connectivity index (χ4n) is 1.60. The molecule has 0 saturated carbocycles. The number of hydrogen-bond acceptors (Lipinski definition) is 4. The summed E-state index contributed by atoms with van der Waals surface area (Å²) in [4.78, 5) is 13.0. The van der Waals surface area contributed by atoms with Crippen LogP contribution < -0.4 is 9.47 Å². The Kier molecular flexibility index (Phi) is 4.78. The maximum atomic E-state index is 11.2. The number of benzene rings is 1. The van der Waals surface area contributed by atoms with Crippen molar-refractivity contribution in [1.82, 2.24) is 4.90 Å². The van der Waals surface area contributed by atoms with Crippen LogP contribution in [0, 0.1) is 0 Å². The molecule has 5 nitrogen and oxygen atoms in total. The molecule has 0 aliphatic rings. The van der Waals surface area contributed by atoms with Crippen LogP contribution in [0.25, 0.3) is 0 Å². The Balaban J connectivity index is 2.96. The first-order valence-corrected chi connectivity index (χ1v) is 5.98. The fourth-order valence-corrected chi connectivity index (χ4v) is 1.60. The molecule has 0 aliphatic carbocycles. The summed E-state index contributed by atoms with van der Waals surface area (Å²) in [6, 6.07) is 5.50. The van der Waals surface area contributed by atoms with Crippen molar-refractivity contribution < 1.29 is 19.4 Å². The molecule has 5 heteroatoms. The van der Waals surface area contributed by atoms with Crippen LogP contribution in [0.4, 0.5) is 0 Å². The topological polar surface area (TPSA) is 59.0 Å². The monoisotopic (exact) mass is 267 g/mol. The molecule has 0 radical (unpaired) electrons. The quantitative estimate of drug-likeness (QED) is 0.854. The Morgan fingerprint density at radius 1 is 1.32 bits per heavy atom. The first kappa shape index (κ1) is 15.3. The Hall–Kier alpha value is -1.75. The smallest absolute Gasteiger partial charge is 0.323 e. The number of nitrogens with zero attached hydrogens (tertiary/aromatic N) is 1. The Labute approximate surface area is 113 Å². The standard InChI is InChI=1S/C14H21NO4/c1-14(2,13(16)17)15(3)9-10-6-7-11(18-4)8-12(10)19-5/h6-8H,9H2,1-5H3,(H,16,17). The number of ether oxygens (including phenoxy) is 2. The second-order valence-electron chi connectivity index (χ2n) is 4.90. The number of likely N-dealkylation sites (N-methyl/N-ethyl adjacent to an activating group) is 1. The van der Waals surface area contributed by atoms with Crippen molar-refractivity contribution >= 4 is 5.97 Å². The second kappa shape index (κ2) is 5.93. The van der Waals surface area contributed by atoms with E-state index >= 15 is 0 Å². The molecule has 1 aromatic carbocycles. The summed E-state index contributed by atoms with van der Waals surface area (Å²) in [5, 5.41) is 9.21. The zero-order valence-corrected chi connectivity index (χ0v) is 12.1. The van der Waals surface area contributed by atoms with E-state index in [0.717, 1.165) is 5.56 Å². The van der Waals surface area contributed by atoms with E-state index in [-0.39, 0.29) is 0 Å². The van der Waals surface area contributed by atoms with Gasteiger partial charge in [-0.05, 0) is 27.0 Å². The van der Waals surface area contributed by atoms with E-state index in [0.29, 0.717) is 18.0 Å².